The van der Waals surface area contributed by atoms with Gasteiger partial charge in [-0.05, 0) is 12.8 Å². The largest absolute Gasteiger partial charge is 0.478 e. The van der Waals surface area contributed by atoms with Gasteiger partial charge in [-0.1, -0.05) is 70.1 Å². The van der Waals surface area contributed by atoms with Crippen molar-refractivity contribution >= 4 is 5.97 Å². The summed E-state index contributed by atoms with van der Waals surface area (Å²) in [6.45, 7) is 2.24. The van der Waals surface area contributed by atoms with Crippen molar-refractivity contribution < 1.29 is 9.90 Å². The van der Waals surface area contributed by atoms with Gasteiger partial charge < -0.3 is 5.11 Å². The highest BCUT2D eigenvalue weighted by molar-refractivity contribution is 5.80. The van der Waals surface area contributed by atoms with E-state index in [2.05, 4.69) is 6.92 Å². The van der Waals surface area contributed by atoms with Crippen molar-refractivity contribution in [2.24, 2.45) is 0 Å². The summed E-state index contributed by atoms with van der Waals surface area (Å²) in [7, 11) is 0. The minimum absolute atomic E-state index is 0.887. The molecule has 0 aliphatic carbocycles. The number of hydrogen-bond acceptors (Lipinski definition) is 1. The van der Waals surface area contributed by atoms with Crippen LogP contribution in [0.4, 0.5) is 0 Å². The number of aliphatic carboxylic acids is 1. The van der Waals surface area contributed by atoms with Gasteiger partial charge in [-0.3, -0.25) is 0 Å². The highest BCUT2D eigenvalue weighted by atomic mass is 16.4. The number of unbranched alkanes of at least 4 members (excludes halogenated alkanes) is 8. The molecular weight excluding hydrogens is 212 g/mol. The topological polar surface area (TPSA) is 37.3 Å². The average molecular weight is 238 g/mol. The molecule has 0 heterocycles. The Kier molecular flexibility index (Phi) is 12.2. The summed E-state index contributed by atoms with van der Waals surface area (Å²) in [5.74, 6) is -0.887. The van der Waals surface area contributed by atoms with Gasteiger partial charge in [-0.25, -0.2) is 4.79 Å². The molecule has 2 nitrogen and oxygen atoms in total. The summed E-state index contributed by atoms with van der Waals surface area (Å²) in [6.07, 6.45) is 18.3. The van der Waals surface area contributed by atoms with Crippen molar-refractivity contribution in [2.75, 3.05) is 0 Å². The second-order valence-electron chi connectivity index (χ2n) is 4.39. The number of hydrogen-bond donors (Lipinski definition) is 1. The lowest BCUT2D eigenvalue weighted by atomic mass is 10.1. The normalized spacial score (nSPS) is 11.6. The molecule has 0 aromatic rings. The standard InChI is InChI=1S/C15H26O2/c1-2-3-4-5-6-7-8-9-10-11-12-13-14-15(16)17/h11-14H,2-10H2,1H3,(H,16,17)/b12-11+,14-13+. The van der Waals surface area contributed by atoms with Gasteiger partial charge in [-0.2, -0.15) is 0 Å². The zero-order valence-electron chi connectivity index (χ0n) is 11.0. The molecule has 0 radical (unpaired) electrons. The monoisotopic (exact) mass is 238 g/mol. The molecule has 0 bridgehead atoms. The fraction of sp³-hybridized carbons (Fsp3) is 0.667. The number of rotatable bonds is 11. The summed E-state index contributed by atoms with van der Waals surface area (Å²) >= 11 is 0. The molecule has 0 rings (SSSR count). The Morgan fingerprint density at radius 1 is 0.941 bits per heavy atom. The van der Waals surface area contributed by atoms with Crippen molar-refractivity contribution in [1.29, 1.82) is 0 Å². The third kappa shape index (κ3) is 14.9. The number of carboxylic acid groups (broad SMARTS) is 1. The van der Waals surface area contributed by atoms with E-state index < -0.39 is 5.97 Å². The molecule has 0 aromatic carbocycles. The maximum absolute atomic E-state index is 10.2. The smallest absolute Gasteiger partial charge is 0.328 e. The Morgan fingerprint density at radius 3 is 2.12 bits per heavy atom. The fourth-order valence-electron chi connectivity index (χ4n) is 1.71. The lowest BCUT2D eigenvalue weighted by molar-refractivity contribution is -0.131. The Hall–Kier alpha value is -1.05. The van der Waals surface area contributed by atoms with Gasteiger partial charge in [0.2, 0.25) is 0 Å². The number of carbonyl (C=O) groups is 1. The maximum atomic E-state index is 10.2. The molecule has 0 saturated heterocycles. The molecule has 1 N–H and O–H groups in total. The second kappa shape index (κ2) is 13.0. The zero-order chi connectivity index (χ0) is 12.8. The Balaban J connectivity index is 3.15. The Morgan fingerprint density at radius 2 is 1.53 bits per heavy atom. The van der Waals surface area contributed by atoms with E-state index in [0.717, 1.165) is 12.5 Å². The van der Waals surface area contributed by atoms with Crippen LogP contribution in [0.1, 0.15) is 64.7 Å². The first kappa shape index (κ1) is 16.0. The van der Waals surface area contributed by atoms with Gasteiger partial charge in [0.05, 0.1) is 0 Å². The van der Waals surface area contributed by atoms with Gasteiger partial charge in [0.25, 0.3) is 0 Å². The molecule has 0 aliphatic rings. The van der Waals surface area contributed by atoms with Gasteiger partial charge in [-0.15, -0.1) is 0 Å². The van der Waals surface area contributed by atoms with Crippen LogP contribution in [-0.2, 0) is 4.79 Å². The predicted molar refractivity (Wildman–Crippen MR) is 73.1 cm³/mol. The fourth-order valence-corrected chi connectivity index (χ4v) is 1.71. The summed E-state index contributed by atoms with van der Waals surface area (Å²) in [5.41, 5.74) is 0. The van der Waals surface area contributed by atoms with Crippen LogP contribution >= 0.6 is 0 Å². The molecule has 0 saturated carbocycles. The van der Waals surface area contributed by atoms with E-state index in [-0.39, 0.29) is 0 Å². The van der Waals surface area contributed by atoms with Gasteiger partial charge in [0.15, 0.2) is 0 Å². The van der Waals surface area contributed by atoms with Crippen LogP contribution < -0.4 is 0 Å². The predicted octanol–water partition coefficient (Wildman–Crippen LogP) is 4.71. The quantitative estimate of drug-likeness (QED) is 0.321. The molecule has 0 fully saturated rings. The summed E-state index contributed by atoms with van der Waals surface area (Å²) < 4.78 is 0. The lowest BCUT2D eigenvalue weighted by Gasteiger charge is -1.99. The van der Waals surface area contributed by atoms with Crippen LogP contribution in [0.3, 0.4) is 0 Å². The van der Waals surface area contributed by atoms with E-state index in [4.69, 9.17) is 5.11 Å². The lowest BCUT2D eigenvalue weighted by Crippen LogP contribution is -1.84. The van der Waals surface area contributed by atoms with Crippen LogP contribution in [0.5, 0.6) is 0 Å². The van der Waals surface area contributed by atoms with Gasteiger partial charge >= 0.3 is 5.97 Å². The molecule has 17 heavy (non-hydrogen) atoms. The molecule has 0 aromatic heterocycles. The molecule has 0 unspecified atom stereocenters. The minimum Gasteiger partial charge on any atom is -0.478 e. The van der Waals surface area contributed by atoms with Crippen molar-refractivity contribution in [3.8, 4) is 0 Å². The molecule has 0 atom stereocenters. The number of allylic oxidation sites excluding steroid dienone is 3. The molecule has 0 spiro atoms. The van der Waals surface area contributed by atoms with Crippen molar-refractivity contribution in [3.63, 3.8) is 0 Å². The van der Waals surface area contributed by atoms with Crippen molar-refractivity contribution in [2.45, 2.75) is 64.7 Å². The third-order valence-electron chi connectivity index (χ3n) is 2.71. The highest BCUT2D eigenvalue weighted by Crippen LogP contribution is 2.09. The molecule has 0 aliphatic heterocycles. The first-order valence-electron chi connectivity index (χ1n) is 6.83. The van der Waals surface area contributed by atoms with E-state index in [1.807, 2.05) is 12.2 Å². The number of carboxylic acids is 1. The molecule has 2 heteroatoms. The van der Waals surface area contributed by atoms with Crippen molar-refractivity contribution in [3.05, 3.63) is 24.3 Å². The van der Waals surface area contributed by atoms with E-state index in [1.165, 1.54) is 51.4 Å². The molecule has 0 amide bonds. The van der Waals surface area contributed by atoms with Gasteiger partial charge in [0.1, 0.15) is 0 Å². The Labute approximate surface area is 105 Å². The van der Waals surface area contributed by atoms with E-state index in [0.29, 0.717) is 0 Å². The first-order chi connectivity index (χ1) is 8.27. The van der Waals surface area contributed by atoms with Crippen molar-refractivity contribution in [1.82, 2.24) is 0 Å². The summed E-state index contributed by atoms with van der Waals surface area (Å²) in [6, 6.07) is 0. The maximum Gasteiger partial charge on any atom is 0.328 e. The summed E-state index contributed by atoms with van der Waals surface area (Å²) in [5, 5.41) is 8.35. The zero-order valence-corrected chi connectivity index (χ0v) is 11.0. The van der Waals surface area contributed by atoms with E-state index in [1.54, 1.807) is 6.08 Å². The first-order valence-corrected chi connectivity index (χ1v) is 6.83. The second-order valence-corrected chi connectivity index (χ2v) is 4.39. The Bertz CT molecular complexity index is 229. The van der Waals surface area contributed by atoms with E-state index >= 15 is 0 Å². The average Bonchev–Trinajstić information content (AvgIpc) is 2.30. The highest BCUT2D eigenvalue weighted by Gasteiger charge is 1.90. The molecular formula is C15H26O2. The SMILES string of the molecule is CCCCCCCCCC/C=C/C=C/C(=O)O. The minimum atomic E-state index is -0.887. The third-order valence-corrected chi connectivity index (χ3v) is 2.71. The van der Waals surface area contributed by atoms with E-state index in [9.17, 15) is 4.79 Å². The molecule has 98 valence electrons. The van der Waals surface area contributed by atoms with Crippen LogP contribution in [0.15, 0.2) is 24.3 Å². The van der Waals surface area contributed by atoms with Crippen LogP contribution in [-0.4, -0.2) is 11.1 Å². The van der Waals surface area contributed by atoms with Crippen LogP contribution in [0.2, 0.25) is 0 Å². The van der Waals surface area contributed by atoms with Gasteiger partial charge in [0, 0.05) is 6.08 Å². The van der Waals surface area contributed by atoms with Crippen LogP contribution in [0.25, 0.3) is 0 Å². The van der Waals surface area contributed by atoms with Crippen LogP contribution in [0, 0.1) is 0 Å². The summed E-state index contributed by atoms with van der Waals surface area (Å²) in [4.78, 5) is 10.2.